The van der Waals surface area contributed by atoms with E-state index in [1.165, 1.54) is 0 Å². The molecule has 21 fully saturated rings. The molecule has 0 aromatic rings. The van der Waals surface area contributed by atoms with Crippen molar-refractivity contribution in [3.63, 3.8) is 0 Å². The molecule has 20 N–H and O–H groups in total. The van der Waals surface area contributed by atoms with Crippen LogP contribution in [0.1, 0.15) is 0 Å². The maximum atomic E-state index is 11.9. The molecule has 21 heterocycles. The van der Waals surface area contributed by atoms with E-state index in [2.05, 4.69) is 12.6 Å². The second-order valence-electron chi connectivity index (χ2n) is 22.3. The van der Waals surface area contributed by atoms with Crippen LogP contribution in [0.2, 0.25) is 0 Å². The molecule has 21 saturated heterocycles. The van der Waals surface area contributed by atoms with Crippen LogP contribution < -0.4 is 0 Å². The quantitative estimate of drug-likeness (QED) is 0.0436. The zero-order chi connectivity index (χ0) is 68.7. The Morgan fingerprint density at radius 2 is 0.457 bits per heavy atom. The number of nitriles is 4. The van der Waals surface area contributed by atoms with E-state index in [4.69, 9.17) is 71.6 Å². The fourth-order valence-electron chi connectivity index (χ4n) is 11.4. The van der Waals surface area contributed by atoms with Gasteiger partial charge in [0.15, 0.2) is 44.0 Å². The van der Waals surface area contributed by atoms with Crippen molar-refractivity contribution >= 4 is 47.9 Å². The molecular formula is C52H74N4O34S4. The van der Waals surface area contributed by atoms with Gasteiger partial charge < -0.3 is 168 Å². The summed E-state index contributed by atoms with van der Waals surface area (Å²) >= 11 is 6.37. The normalized spacial score (nSPS) is 47.7. The first-order valence-corrected chi connectivity index (χ1v) is 32.3. The van der Waals surface area contributed by atoms with Gasteiger partial charge in [0.05, 0.1) is 45.7 Å². The SMILES string of the molecule is N#C/C(S)=C(\C#N)SCCS/C(C#N)=C(/C#N)SC[C@H]1O[C@@H]2O[C@H]3[C@H](O)[C@@H](O)[C@@H](O[C@H]4[C@H](O)[C@@H](O)[C@@H](O[C@H]5[C@H](O)[C@@H](O)[C@@H](O[C@H]6[C@H](O)[C@@H](O)[C@@H](O[C@H]7[C@H](O)[C@@H](O)[C@@H](O[C@H]8[C@H](O)[C@@H](O)[C@@H](O[C@H]1[C@H](O)[C@H]2O)O[C@@H]8CO)O[C@@H]7CO)O[C@@H]6CO)O[C@@H]5CO)O[C@@H]4CO)O[C@@H]3CO. The highest BCUT2D eigenvalue weighted by atomic mass is 32.2. The van der Waals surface area contributed by atoms with E-state index in [1.54, 1.807) is 6.07 Å². The molecule has 0 saturated carbocycles. The maximum absolute atomic E-state index is 11.9. The van der Waals surface area contributed by atoms with Crippen LogP contribution in [0.5, 0.6) is 0 Å². The minimum atomic E-state index is -2.32. The predicted octanol–water partition coefficient (Wildman–Crippen LogP) is -11.6. The van der Waals surface area contributed by atoms with Gasteiger partial charge in [-0.05, 0) is 0 Å². The number of nitrogens with zero attached hydrogens (tertiary/aromatic N) is 4. The van der Waals surface area contributed by atoms with Crippen molar-refractivity contribution in [1.82, 2.24) is 0 Å². The topological polar surface area (TPSA) is 629 Å². The molecule has 21 rings (SSSR count). The van der Waals surface area contributed by atoms with E-state index in [0.29, 0.717) is 11.8 Å². The molecule has 0 radical (unpaired) electrons. The van der Waals surface area contributed by atoms with E-state index < -0.39 is 260 Å². The Morgan fingerprint density at radius 3 is 0.660 bits per heavy atom. The summed E-state index contributed by atoms with van der Waals surface area (Å²) in [6.45, 7) is -6.56. The highest BCUT2D eigenvalue weighted by Gasteiger charge is 2.60. The van der Waals surface area contributed by atoms with Gasteiger partial charge in [-0.15, -0.1) is 47.9 Å². The average Bonchev–Trinajstić information content (AvgIpc) is 0.781. The Morgan fingerprint density at radius 1 is 0.266 bits per heavy atom. The zero-order valence-corrected chi connectivity index (χ0v) is 52.0. The van der Waals surface area contributed by atoms with Crippen molar-refractivity contribution in [2.24, 2.45) is 0 Å². The molecule has 0 unspecified atom stereocenters. The number of ether oxygens (including phenoxy) is 14. The highest BCUT2D eigenvalue weighted by Crippen LogP contribution is 2.41. The van der Waals surface area contributed by atoms with Gasteiger partial charge >= 0.3 is 0 Å². The molecule has 530 valence electrons. The summed E-state index contributed by atoms with van der Waals surface area (Å²) in [4.78, 5) is -0.648. The molecule has 0 amide bonds. The third-order valence-electron chi connectivity index (χ3n) is 16.4. The summed E-state index contributed by atoms with van der Waals surface area (Å²) in [5, 5.41) is 264. The van der Waals surface area contributed by atoms with Crippen LogP contribution >= 0.6 is 47.9 Å². The summed E-state index contributed by atoms with van der Waals surface area (Å²) in [5.41, 5.74) is 0. The average molecular weight is 1430 g/mol. The first kappa shape index (κ1) is 77.2. The second-order valence-corrected chi connectivity index (χ2v) is 25.9. The number of aliphatic hydroxyl groups excluding tert-OH is 20. The highest BCUT2D eigenvalue weighted by molar-refractivity contribution is 8.08. The molecule has 21 aliphatic heterocycles. The van der Waals surface area contributed by atoms with Gasteiger partial charge in [0.2, 0.25) is 0 Å². The largest absolute Gasteiger partial charge is 0.394 e. The summed E-state index contributed by atoms with van der Waals surface area (Å²) in [5.74, 6) is -0.340. The number of rotatable bonds is 14. The first-order valence-electron chi connectivity index (χ1n) is 28.9. The third-order valence-corrected chi connectivity index (χ3v) is 20.3. The lowest BCUT2D eigenvalue weighted by atomic mass is 9.95. The Bertz CT molecular complexity index is 2700. The van der Waals surface area contributed by atoms with Gasteiger partial charge in [-0.1, -0.05) is 0 Å². The molecule has 35 atom stereocenters. The van der Waals surface area contributed by atoms with Crippen molar-refractivity contribution in [2.45, 2.75) is 215 Å². The van der Waals surface area contributed by atoms with Gasteiger partial charge in [0.1, 0.15) is 209 Å². The summed E-state index contributed by atoms with van der Waals surface area (Å²) in [7, 11) is 0. The van der Waals surface area contributed by atoms with Crippen molar-refractivity contribution in [3.8, 4) is 24.3 Å². The fourth-order valence-corrected chi connectivity index (χ4v) is 14.4. The summed E-state index contributed by atoms with van der Waals surface area (Å²) in [6, 6.07) is 7.31. The van der Waals surface area contributed by atoms with E-state index in [9.17, 15) is 118 Å². The van der Waals surface area contributed by atoms with Crippen LogP contribution in [0.3, 0.4) is 0 Å². The number of thiol groups is 1. The van der Waals surface area contributed by atoms with E-state index in [-0.39, 0.29) is 31.1 Å². The molecule has 38 nitrogen and oxygen atoms in total. The van der Waals surface area contributed by atoms with Crippen LogP contribution in [0, 0.1) is 45.3 Å². The third kappa shape index (κ3) is 16.6. The number of thioether (sulfide) groups is 3. The predicted molar refractivity (Wildman–Crippen MR) is 304 cm³/mol. The first-order chi connectivity index (χ1) is 44.9. The summed E-state index contributed by atoms with van der Waals surface area (Å²) < 4.78 is 81.2. The van der Waals surface area contributed by atoms with Crippen LogP contribution in [0.25, 0.3) is 0 Å². The number of hydrogen-bond acceptors (Lipinski definition) is 42. The standard InChI is InChI=1S/C52H74N4O34S4/c53-3-21(91)22(4-54)92-1-2-93-23(5-55)24(6-56)94-13-20-45-31(69)38(76)52(83-20)89-44-19(12-62)81-50(36(74)29(44)67)87-42-17(10-60)79-48(34(72)27(42)65)85-40-15(8-58)77-46(32(70)25(40)63)84-39-14(7-57)78-47(33(71)26(39)64)86-41-16(9-59)80-49(35(73)28(41)66)88-43-18(11-61)82-51(90-45)37(75)30(43)68/h14-20,25-52,57-76,91H,1-2,7-13H2/b22-21-,24-23-/t14-,15-,16-,17-,18-,19-,20-,25-,26-,27-,28-,29-,30-,31-,32-,33-,34-,35-,36-,37-,38-,39-,40-,41-,42-,43-,44-,45-,46-,47-,48-,49-,50-,51-,52-/m1/s1. The summed E-state index contributed by atoms with van der Waals surface area (Å²) in [6.07, 6.45) is -72.5. The lowest BCUT2D eigenvalue weighted by molar-refractivity contribution is -0.396. The monoisotopic (exact) mass is 1430 g/mol. The Labute approximate surface area is 550 Å². The van der Waals surface area contributed by atoms with Crippen molar-refractivity contribution in [2.75, 3.05) is 56.9 Å². The van der Waals surface area contributed by atoms with Crippen LogP contribution in [-0.2, 0) is 66.3 Å². The van der Waals surface area contributed by atoms with Gasteiger partial charge in [-0.2, -0.15) is 21.0 Å². The van der Waals surface area contributed by atoms with E-state index in [0.717, 1.165) is 23.5 Å². The molecule has 0 aromatic carbocycles. The minimum Gasteiger partial charge on any atom is -0.394 e. The Hall–Kier alpha value is -2.52. The van der Waals surface area contributed by atoms with Crippen LogP contribution in [-0.4, -0.2) is 374 Å². The van der Waals surface area contributed by atoms with Crippen LogP contribution in [0.4, 0.5) is 0 Å². The maximum Gasteiger partial charge on any atom is 0.187 e. The smallest absolute Gasteiger partial charge is 0.187 e. The Balaban J connectivity index is 1.11. The van der Waals surface area contributed by atoms with Gasteiger partial charge in [0.25, 0.3) is 0 Å². The zero-order valence-electron chi connectivity index (χ0n) is 48.7. The number of aliphatic hydroxyl groups is 20. The van der Waals surface area contributed by atoms with Crippen molar-refractivity contribution in [1.29, 1.82) is 21.0 Å². The molecule has 14 bridgehead atoms. The molecule has 0 aliphatic carbocycles. The molecule has 21 aliphatic rings. The number of allylic oxidation sites excluding steroid dienone is 4. The lowest BCUT2D eigenvalue weighted by Gasteiger charge is -2.50. The number of hydrogen-bond donors (Lipinski definition) is 21. The van der Waals surface area contributed by atoms with Gasteiger partial charge in [-0.25, -0.2) is 0 Å². The molecule has 42 heteroatoms. The molecular weight excluding hydrogens is 1350 g/mol. The molecule has 94 heavy (non-hydrogen) atoms. The lowest BCUT2D eigenvalue weighted by Crippen LogP contribution is -2.68. The molecule has 0 spiro atoms. The van der Waals surface area contributed by atoms with Crippen molar-refractivity contribution in [3.05, 3.63) is 19.6 Å². The van der Waals surface area contributed by atoms with E-state index in [1.807, 2.05) is 18.2 Å². The van der Waals surface area contributed by atoms with Gasteiger partial charge in [-0.3, -0.25) is 0 Å². The second kappa shape index (κ2) is 34.7. The van der Waals surface area contributed by atoms with Crippen LogP contribution in [0.15, 0.2) is 19.6 Å². The Kier molecular flexibility index (Phi) is 28.5. The van der Waals surface area contributed by atoms with E-state index >= 15 is 0 Å². The fraction of sp³-hybridized carbons (Fsp3) is 0.846. The molecule has 0 aromatic heterocycles. The van der Waals surface area contributed by atoms with Crippen molar-refractivity contribution < 1.29 is 168 Å². The minimum absolute atomic E-state index is 0.0194. The van der Waals surface area contributed by atoms with Gasteiger partial charge in [0, 0.05) is 17.3 Å².